The first kappa shape index (κ1) is 19.7. The van der Waals surface area contributed by atoms with E-state index in [1.165, 1.54) is 12.1 Å². The van der Waals surface area contributed by atoms with Crippen LogP contribution >= 0.6 is 0 Å². The maximum absolute atomic E-state index is 12.7. The molecule has 0 aliphatic rings. The minimum atomic E-state index is -4.78. The average Bonchev–Trinajstić information content (AvgIpc) is 2.65. The minimum absolute atomic E-state index is 0.0356. The predicted octanol–water partition coefficient (Wildman–Crippen LogP) is 4.79. The Morgan fingerprint density at radius 2 is 1.89 bits per heavy atom. The third-order valence-electron chi connectivity index (χ3n) is 4.39. The SMILES string of the molecule is CNC(=O)CCc1ccc2nc(-c3ccccc3OC(F)(F)F)cc(C)c2c1. The van der Waals surface area contributed by atoms with E-state index in [0.717, 1.165) is 16.5 Å². The third kappa shape index (κ3) is 4.60. The average molecular weight is 388 g/mol. The number of fused-ring (bicyclic) bond motifs is 1. The first-order valence-electron chi connectivity index (χ1n) is 8.73. The van der Waals surface area contributed by atoms with Crippen LogP contribution in [0.2, 0.25) is 0 Å². The summed E-state index contributed by atoms with van der Waals surface area (Å²) in [7, 11) is 1.60. The number of nitrogens with zero attached hydrogens (tertiary/aromatic N) is 1. The zero-order chi connectivity index (χ0) is 20.3. The number of pyridine rings is 1. The van der Waals surface area contributed by atoms with Crippen molar-refractivity contribution in [1.29, 1.82) is 0 Å². The summed E-state index contributed by atoms with van der Waals surface area (Å²) < 4.78 is 42.2. The number of aromatic nitrogens is 1. The Balaban J connectivity index is 1.98. The van der Waals surface area contributed by atoms with Crippen LogP contribution in [-0.4, -0.2) is 24.3 Å². The molecule has 0 saturated carbocycles. The summed E-state index contributed by atoms with van der Waals surface area (Å²) in [6.07, 6.45) is -3.80. The maximum Gasteiger partial charge on any atom is 0.573 e. The van der Waals surface area contributed by atoms with E-state index in [0.29, 0.717) is 24.1 Å². The normalized spacial score (nSPS) is 11.5. The number of ether oxygens (including phenoxy) is 1. The molecule has 0 atom stereocenters. The predicted molar refractivity (Wildman–Crippen MR) is 101 cm³/mol. The summed E-state index contributed by atoms with van der Waals surface area (Å²) in [5.41, 5.74) is 3.22. The third-order valence-corrected chi connectivity index (χ3v) is 4.39. The van der Waals surface area contributed by atoms with Gasteiger partial charge in [-0.15, -0.1) is 13.2 Å². The monoisotopic (exact) mass is 388 g/mol. The van der Waals surface area contributed by atoms with Gasteiger partial charge in [0.2, 0.25) is 5.91 Å². The van der Waals surface area contributed by atoms with Gasteiger partial charge in [-0.05, 0) is 54.8 Å². The van der Waals surface area contributed by atoms with Crippen molar-refractivity contribution in [3.63, 3.8) is 0 Å². The molecule has 0 aliphatic carbocycles. The van der Waals surface area contributed by atoms with E-state index >= 15 is 0 Å². The van der Waals surface area contributed by atoms with Gasteiger partial charge >= 0.3 is 6.36 Å². The summed E-state index contributed by atoms with van der Waals surface area (Å²) in [6, 6.07) is 13.3. The van der Waals surface area contributed by atoms with Crippen LogP contribution in [0.1, 0.15) is 17.5 Å². The summed E-state index contributed by atoms with van der Waals surface area (Å²) >= 11 is 0. The van der Waals surface area contributed by atoms with Gasteiger partial charge in [0.25, 0.3) is 0 Å². The van der Waals surface area contributed by atoms with Crippen molar-refractivity contribution in [3.8, 4) is 17.0 Å². The molecule has 4 nitrogen and oxygen atoms in total. The van der Waals surface area contributed by atoms with Crippen molar-refractivity contribution in [1.82, 2.24) is 10.3 Å². The summed E-state index contributed by atoms with van der Waals surface area (Å²) in [5.74, 6) is -0.324. The molecule has 1 aromatic heterocycles. The number of rotatable bonds is 5. The first-order valence-corrected chi connectivity index (χ1v) is 8.73. The summed E-state index contributed by atoms with van der Waals surface area (Å²) in [6.45, 7) is 1.88. The van der Waals surface area contributed by atoms with E-state index in [1.807, 2.05) is 25.1 Å². The zero-order valence-corrected chi connectivity index (χ0v) is 15.4. The second-order valence-corrected chi connectivity index (χ2v) is 6.39. The number of amides is 1. The van der Waals surface area contributed by atoms with E-state index in [-0.39, 0.29) is 17.2 Å². The molecular weight excluding hydrogens is 369 g/mol. The zero-order valence-electron chi connectivity index (χ0n) is 15.4. The lowest BCUT2D eigenvalue weighted by molar-refractivity contribution is -0.274. The van der Waals surface area contributed by atoms with Gasteiger partial charge in [0.05, 0.1) is 11.2 Å². The molecule has 7 heteroatoms. The number of alkyl halides is 3. The van der Waals surface area contributed by atoms with E-state index in [4.69, 9.17) is 0 Å². The number of para-hydroxylation sites is 1. The molecule has 3 rings (SSSR count). The van der Waals surface area contributed by atoms with Gasteiger partial charge in [-0.1, -0.05) is 18.2 Å². The first-order chi connectivity index (χ1) is 13.3. The van der Waals surface area contributed by atoms with E-state index in [2.05, 4.69) is 15.0 Å². The molecule has 0 spiro atoms. The van der Waals surface area contributed by atoms with Crippen LogP contribution in [0.5, 0.6) is 5.75 Å². The molecule has 0 unspecified atom stereocenters. The standard InChI is InChI=1S/C21H19F3N2O2/c1-13-11-18(15-5-3-4-6-19(15)28-21(22,23)24)26-17-9-7-14(12-16(13)17)8-10-20(27)25-2/h3-7,9,11-12H,8,10H2,1-2H3,(H,25,27). The van der Waals surface area contributed by atoms with Crippen molar-refractivity contribution in [2.75, 3.05) is 7.05 Å². The molecule has 0 radical (unpaired) electrons. The fourth-order valence-corrected chi connectivity index (χ4v) is 3.01. The lowest BCUT2D eigenvalue weighted by atomic mass is 10.0. The smallest absolute Gasteiger partial charge is 0.405 e. The molecule has 2 aromatic carbocycles. The molecule has 28 heavy (non-hydrogen) atoms. The lowest BCUT2D eigenvalue weighted by Gasteiger charge is -2.14. The van der Waals surface area contributed by atoms with Gasteiger partial charge in [0, 0.05) is 24.4 Å². The molecule has 1 amide bonds. The molecule has 0 bridgehead atoms. The van der Waals surface area contributed by atoms with Gasteiger partial charge in [0.1, 0.15) is 5.75 Å². The number of nitrogens with one attached hydrogen (secondary N) is 1. The van der Waals surface area contributed by atoms with Crippen LogP contribution in [-0.2, 0) is 11.2 Å². The van der Waals surface area contributed by atoms with Crippen LogP contribution < -0.4 is 10.1 Å². The van der Waals surface area contributed by atoms with Crippen LogP contribution in [0.25, 0.3) is 22.2 Å². The van der Waals surface area contributed by atoms with Crippen LogP contribution in [0.15, 0.2) is 48.5 Å². The van der Waals surface area contributed by atoms with Crippen molar-refractivity contribution in [2.24, 2.45) is 0 Å². The number of hydrogen-bond acceptors (Lipinski definition) is 3. The van der Waals surface area contributed by atoms with Crippen molar-refractivity contribution in [3.05, 3.63) is 59.7 Å². The van der Waals surface area contributed by atoms with Crippen LogP contribution in [0.3, 0.4) is 0 Å². The molecule has 1 heterocycles. The summed E-state index contributed by atoms with van der Waals surface area (Å²) in [4.78, 5) is 16.0. The van der Waals surface area contributed by atoms with Gasteiger partial charge in [-0.3, -0.25) is 4.79 Å². The number of carbonyl (C=O) groups excluding carboxylic acids is 1. The molecule has 3 aromatic rings. The summed E-state index contributed by atoms with van der Waals surface area (Å²) in [5, 5.41) is 3.48. The fourth-order valence-electron chi connectivity index (χ4n) is 3.01. The highest BCUT2D eigenvalue weighted by molar-refractivity contribution is 5.86. The van der Waals surface area contributed by atoms with E-state index in [1.54, 1.807) is 25.2 Å². The molecule has 0 aliphatic heterocycles. The highest BCUT2D eigenvalue weighted by Crippen LogP contribution is 2.34. The highest BCUT2D eigenvalue weighted by Gasteiger charge is 2.32. The Labute approximate surface area is 160 Å². The van der Waals surface area contributed by atoms with Crippen molar-refractivity contribution in [2.45, 2.75) is 26.1 Å². The number of aryl methyl sites for hydroxylation is 2. The largest absolute Gasteiger partial charge is 0.573 e. The van der Waals surface area contributed by atoms with Gasteiger partial charge < -0.3 is 10.1 Å². The van der Waals surface area contributed by atoms with Gasteiger partial charge in [-0.2, -0.15) is 0 Å². The Morgan fingerprint density at radius 1 is 1.14 bits per heavy atom. The highest BCUT2D eigenvalue weighted by atomic mass is 19.4. The Morgan fingerprint density at radius 3 is 2.61 bits per heavy atom. The van der Waals surface area contributed by atoms with Crippen LogP contribution in [0, 0.1) is 6.92 Å². The Kier molecular flexibility index (Phi) is 5.53. The van der Waals surface area contributed by atoms with E-state index in [9.17, 15) is 18.0 Å². The minimum Gasteiger partial charge on any atom is -0.405 e. The van der Waals surface area contributed by atoms with Gasteiger partial charge in [0.15, 0.2) is 0 Å². The number of halogens is 3. The molecule has 0 saturated heterocycles. The lowest BCUT2D eigenvalue weighted by Crippen LogP contribution is -2.17. The fraction of sp³-hybridized carbons (Fsp3) is 0.238. The molecule has 0 fully saturated rings. The van der Waals surface area contributed by atoms with E-state index < -0.39 is 6.36 Å². The second-order valence-electron chi connectivity index (χ2n) is 6.39. The molecular formula is C21H19F3N2O2. The Bertz CT molecular complexity index is 1020. The van der Waals surface area contributed by atoms with Crippen LogP contribution in [0.4, 0.5) is 13.2 Å². The number of benzene rings is 2. The molecule has 1 N–H and O–H groups in total. The van der Waals surface area contributed by atoms with Crippen molar-refractivity contribution < 1.29 is 22.7 Å². The second kappa shape index (κ2) is 7.88. The quantitative estimate of drug-likeness (QED) is 0.684. The van der Waals surface area contributed by atoms with Gasteiger partial charge in [-0.25, -0.2) is 4.98 Å². The molecule has 146 valence electrons. The number of carbonyl (C=O) groups is 1. The Hall–Kier alpha value is -3.09. The maximum atomic E-state index is 12.7. The topological polar surface area (TPSA) is 51.2 Å². The van der Waals surface area contributed by atoms with Crippen molar-refractivity contribution >= 4 is 16.8 Å². The number of hydrogen-bond donors (Lipinski definition) is 1.